The lowest BCUT2D eigenvalue weighted by atomic mass is 10.1. The second kappa shape index (κ2) is 5.71. The van der Waals surface area contributed by atoms with Crippen LogP contribution in [0.4, 0.5) is 17.3 Å². The Kier molecular flexibility index (Phi) is 3.22. The van der Waals surface area contributed by atoms with Crippen LogP contribution < -0.4 is 22.1 Å². The molecule has 0 aliphatic carbocycles. The minimum atomic E-state index is 0.474. The van der Waals surface area contributed by atoms with Gasteiger partial charge in [-0.05, 0) is 17.2 Å². The minimum Gasteiger partial charge on any atom is -0.384 e. The van der Waals surface area contributed by atoms with E-state index in [2.05, 4.69) is 37.5 Å². The van der Waals surface area contributed by atoms with E-state index in [1.165, 1.54) is 0 Å². The molecule has 0 spiro atoms. The molecule has 1 aliphatic heterocycles. The molecule has 4 aromatic rings. The lowest BCUT2D eigenvalue weighted by Crippen LogP contribution is -2.19. The van der Waals surface area contributed by atoms with Gasteiger partial charge in [-0.2, -0.15) is 5.10 Å². The molecule has 128 valence electrons. The highest BCUT2D eigenvalue weighted by Gasteiger charge is 2.17. The highest BCUT2D eigenvalue weighted by molar-refractivity contribution is 5.88. The fraction of sp³-hybridized carbons (Fsp3) is 0.0556. The second-order valence-electron chi connectivity index (χ2n) is 6.15. The summed E-state index contributed by atoms with van der Waals surface area (Å²) in [6, 6.07) is 10.0. The summed E-state index contributed by atoms with van der Waals surface area (Å²) in [5.41, 5.74) is 18.7. The van der Waals surface area contributed by atoms with Gasteiger partial charge in [-0.1, -0.05) is 24.3 Å². The number of pyridine rings is 2. The molecule has 0 saturated heterocycles. The van der Waals surface area contributed by atoms with Gasteiger partial charge < -0.3 is 11.2 Å². The summed E-state index contributed by atoms with van der Waals surface area (Å²) in [6.45, 7) is 0. The van der Waals surface area contributed by atoms with E-state index in [1.54, 1.807) is 0 Å². The molecule has 26 heavy (non-hydrogen) atoms. The van der Waals surface area contributed by atoms with Crippen molar-refractivity contribution >= 4 is 28.1 Å². The molecule has 5 N–H and O–H groups in total. The van der Waals surface area contributed by atoms with Gasteiger partial charge in [0.1, 0.15) is 5.82 Å². The zero-order valence-electron chi connectivity index (χ0n) is 13.8. The summed E-state index contributed by atoms with van der Waals surface area (Å²) < 4.78 is 1.86. The summed E-state index contributed by atoms with van der Waals surface area (Å²) in [7, 11) is 0. The summed E-state index contributed by atoms with van der Waals surface area (Å²) in [4.78, 5) is 8.58. The van der Waals surface area contributed by atoms with Crippen molar-refractivity contribution in [2.45, 2.75) is 6.42 Å². The van der Waals surface area contributed by atoms with Crippen molar-refractivity contribution in [1.29, 1.82) is 0 Å². The molecule has 3 aromatic heterocycles. The van der Waals surface area contributed by atoms with Crippen LogP contribution in [0.15, 0.2) is 55.1 Å². The van der Waals surface area contributed by atoms with Crippen LogP contribution in [0, 0.1) is 0 Å². The van der Waals surface area contributed by atoms with Gasteiger partial charge in [-0.15, -0.1) is 5.53 Å². The molecular weight excluding hydrogens is 328 g/mol. The maximum Gasteiger partial charge on any atom is 0.169 e. The van der Waals surface area contributed by atoms with Gasteiger partial charge in [0.15, 0.2) is 5.82 Å². The van der Waals surface area contributed by atoms with E-state index in [-0.39, 0.29) is 0 Å². The van der Waals surface area contributed by atoms with Gasteiger partial charge in [0, 0.05) is 29.6 Å². The van der Waals surface area contributed by atoms with Crippen LogP contribution in [0.25, 0.3) is 16.5 Å². The first-order valence-electron chi connectivity index (χ1n) is 8.21. The van der Waals surface area contributed by atoms with E-state index in [1.807, 2.05) is 53.7 Å². The van der Waals surface area contributed by atoms with E-state index in [9.17, 15) is 0 Å². The number of fused-ring (bicyclic) bond motifs is 2. The van der Waals surface area contributed by atoms with E-state index in [0.29, 0.717) is 18.1 Å². The number of aromatic nitrogens is 4. The van der Waals surface area contributed by atoms with Crippen LogP contribution in [0.5, 0.6) is 0 Å². The van der Waals surface area contributed by atoms with Crippen LogP contribution in [0.3, 0.4) is 0 Å². The van der Waals surface area contributed by atoms with Gasteiger partial charge in [-0.25, -0.2) is 9.67 Å². The number of benzene rings is 1. The highest BCUT2D eigenvalue weighted by Crippen LogP contribution is 2.30. The number of anilines is 3. The average Bonchev–Trinajstić information content (AvgIpc) is 3.30. The van der Waals surface area contributed by atoms with Gasteiger partial charge in [0.2, 0.25) is 0 Å². The largest absolute Gasteiger partial charge is 0.384 e. The number of hydrogen-bond donors (Lipinski definition) is 4. The van der Waals surface area contributed by atoms with Crippen LogP contribution >= 0.6 is 0 Å². The molecule has 4 heterocycles. The normalized spacial score (nSPS) is 12.6. The molecule has 8 nitrogen and oxygen atoms in total. The molecule has 0 saturated carbocycles. The van der Waals surface area contributed by atoms with Crippen molar-refractivity contribution in [2.75, 3.05) is 16.6 Å². The number of nitrogens with two attached hydrogens (primary N) is 1. The Labute approximate surface area is 149 Å². The predicted molar refractivity (Wildman–Crippen MR) is 101 cm³/mol. The van der Waals surface area contributed by atoms with E-state index in [0.717, 1.165) is 33.3 Å². The number of nitrogens with one attached hydrogen (secondary N) is 3. The van der Waals surface area contributed by atoms with Gasteiger partial charge in [0.25, 0.3) is 0 Å². The first kappa shape index (κ1) is 14.7. The van der Waals surface area contributed by atoms with E-state index >= 15 is 0 Å². The van der Waals surface area contributed by atoms with E-state index < -0.39 is 0 Å². The maximum absolute atomic E-state index is 5.91. The average molecular weight is 344 g/mol. The van der Waals surface area contributed by atoms with Gasteiger partial charge in [0.05, 0.1) is 23.8 Å². The van der Waals surface area contributed by atoms with Crippen molar-refractivity contribution in [2.24, 2.45) is 0 Å². The van der Waals surface area contributed by atoms with Gasteiger partial charge >= 0.3 is 0 Å². The maximum atomic E-state index is 5.91. The zero-order valence-corrected chi connectivity index (χ0v) is 13.8. The van der Waals surface area contributed by atoms with Crippen LogP contribution in [-0.4, -0.2) is 19.7 Å². The standard InChI is InChI=1S/C18H16N8/c19-16-6-13(17-18(22-16)24-25-23-17)5-11-7-21-26(10-11)15-9-20-8-12-3-1-2-4-14(12)15/h1-4,6-10,23,25H,5H2,(H3,19,22,24). The van der Waals surface area contributed by atoms with Crippen molar-refractivity contribution in [3.05, 3.63) is 66.2 Å². The number of hydrogen-bond acceptors (Lipinski definition) is 7. The first-order chi connectivity index (χ1) is 12.8. The number of nitrogens with zero attached hydrogens (tertiary/aromatic N) is 4. The Morgan fingerprint density at radius 2 is 2.00 bits per heavy atom. The molecule has 0 amide bonds. The monoisotopic (exact) mass is 344 g/mol. The Bertz CT molecular complexity index is 1110. The van der Waals surface area contributed by atoms with Crippen molar-refractivity contribution in [3.63, 3.8) is 0 Å². The third-order valence-corrected chi connectivity index (χ3v) is 4.41. The number of nitrogen functional groups attached to an aromatic ring is 1. The SMILES string of the molecule is Nc1cc(Cc2cnn(-c3cncc4ccccc34)c2)c2c(n1)NNN2. The number of rotatable bonds is 3. The predicted octanol–water partition coefficient (Wildman–Crippen LogP) is 2.25. The molecular formula is C18H16N8. The summed E-state index contributed by atoms with van der Waals surface area (Å²) in [6.07, 6.45) is 8.25. The molecule has 0 fully saturated rings. The quantitative estimate of drug-likeness (QED) is 0.452. The van der Waals surface area contributed by atoms with Gasteiger partial charge in [-0.3, -0.25) is 10.4 Å². The first-order valence-corrected chi connectivity index (χ1v) is 8.21. The molecule has 0 radical (unpaired) electrons. The summed E-state index contributed by atoms with van der Waals surface area (Å²) in [5, 5.41) is 6.73. The smallest absolute Gasteiger partial charge is 0.169 e. The molecule has 0 bridgehead atoms. The summed E-state index contributed by atoms with van der Waals surface area (Å²) in [5.74, 6) is 1.17. The number of hydrazine groups is 2. The van der Waals surface area contributed by atoms with Crippen LogP contribution in [-0.2, 0) is 6.42 Å². The topological polar surface area (TPSA) is 106 Å². The Balaban J connectivity index is 1.52. The fourth-order valence-corrected chi connectivity index (χ4v) is 3.23. The highest BCUT2D eigenvalue weighted by atomic mass is 15.6. The molecule has 0 unspecified atom stereocenters. The van der Waals surface area contributed by atoms with Crippen molar-refractivity contribution < 1.29 is 0 Å². The van der Waals surface area contributed by atoms with Crippen molar-refractivity contribution in [1.82, 2.24) is 25.3 Å². The Morgan fingerprint density at radius 1 is 1.08 bits per heavy atom. The molecule has 5 rings (SSSR count). The second-order valence-corrected chi connectivity index (χ2v) is 6.15. The third-order valence-electron chi connectivity index (χ3n) is 4.41. The Hall–Kier alpha value is -3.65. The fourth-order valence-electron chi connectivity index (χ4n) is 3.23. The Morgan fingerprint density at radius 3 is 2.96 bits per heavy atom. The molecule has 1 aliphatic rings. The van der Waals surface area contributed by atoms with Crippen LogP contribution in [0.2, 0.25) is 0 Å². The third kappa shape index (κ3) is 2.40. The van der Waals surface area contributed by atoms with E-state index in [4.69, 9.17) is 5.73 Å². The van der Waals surface area contributed by atoms with Crippen LogP contribution in [0.1, 0.15) is 11.1 Å². The van der Waals surface area contributed by atoms with Crippen molar-refractivity contribution in [3.8, 4) is 5.69 Å². The molecule has 0 atom stereocenters. The molecule has 8 heteroatoms. The zero-order chi connectivity index (χ0) is 17.5. The lowest BCUT2D eigenvalue weighted by molar-refractivity contribution is 0.881. The lowest BCUT2D eigenvalue weighted by Gasteiger charge is -2.07. The minimum absolute atomic E-state index is 0.474. The molecule has 1 aromatic carbocycles. The summed E-state index contributed by atoms with van der Waals surface area (Å²) >= 11 is 0.